The molecule has 1 aromatic carbocycles. The van der Waals surface area contributed by atoms with Crippen molar-refractivity contribution < 1.29 is 0 Å². The van der Waals surface area contributed by atoms with Crippen LogP contribution in [0.5, 0.6) is 0 Å². The number of para-hydroxylation sites is 1. The van der Waals surface area contributed by atoms with Crippen LogP contribution < -0.4 is 5.69 Å². The zero-order valence-electron chi connectivity index (χ0n) is 11.6. The van der Waals surface area contributed by atoms with Gasteiger partial charge in [-0.1, -0.05) is 12.1 Å². The number of piperidine rings is 1. The molecule has 102 valence electrons. The van der Waals surface area contributed by atoms with Crippen LogP contribution in [0.4, 0.5) is 0 Å². The Hall–Kier alpha value is -1.55. The summed E-state index contributed by atoms with van der Waals surface area (Å²) in [4.78, 5) is 17.5. The molecule has 4 heteroatoms. The number of nitrogens with one attached hydrogen (secondary N) is 1. The van der Waals surface area contributed by atoms with Crippen molar-refractivity contribution in [1.82, 2.24) is 14.5 Å². The maximum Gasteiger partial charge on any atom is 0.326 e. The normalized spacial score (nSPS) is 18.2. The van der Waals surface area contributed by atoms with E-state index >= 15 is 0 Å². The third-order valence-corrected chi connectivity index (χ3v) is 4.30. The fraction of sp³-hybridized carbons (Fsp3) is 0.533. The van der Waals surface area contributed by atoms with Crippen LogP contribution in [-0.2, 0) is 6.54 Å². The Kier molecular flexibility index (Phi) is 3.19. The first kappa shape index (κ1) is 12.5. The van der Waals surface area contributed by atoms with Crippen LogP contribution in [0.3, 0.4) is 0 Å². The van der Waals surface area contributed by atoms with Crippen LogP contribution in [0.25, 0.3) is 11.0 Å². The van der Waals surface area contributed by atoms with Crippen molar-refractivity contribution in [3.8, 4) is 0 Å². The van der Waals surface area contributed by atoms with E-state index in [9.17, 15) is 4.79 Å². The molecule has 1 N–H and O–H groups in total. The van der Waals surface area contributed by atoms with E-state index in [2.05, 4.69) is 16.9 Å². The van der Waals surface area contributed by atoms with Gasteiger partial charge in [0, 0.05) is 6.54 Å². The first-order valence-electron chi connectivity index (χ1n) is 7.02. The van der Waals surface area contributed by atoms with Crippen LogP contribution in [0.1, 0.15) is 18.4 Å². The number of aromatic nitrogens is 2. The molecule has 0 unspecified atom stereocenters. The number of nitrogens with zero attached hydrogens (tertiary/aromatic N) is 2. The molecule has 3 rings (SSSR count). The van der Waals surface area contributed by atoms with Gasteiger partial charge in [-0.15, -0.1) is 0 Å². The molecule has 2 aromatic rings. The highest BCUT2D eigenvalue weighted by Crippen LogP contribution is 2.20. The van der Waals surface area contributed by atoms with E-state index in [4.69, 9.17) is 0 Å². The van der Waals surface area contributed by atoms with E-state index in [1.54, 1.807) is 0 Å². The van der Waals surface area contributed by atoms with Crippen molar-refractivity contribution in [2.75, 3.05) is 20.1 Å². The minimum Gasteiger partial charge on any atom is -0.306 e. The summed E-state index contributed by atoms with van der Waals surface area (Å²) in [5, 5.41) is 0. The number of aryl methyl sites for hydroxylation is 1. The summed E-state index contributed by atoms with van der Waals surface area (Å²) in [6.07, 6.45) is 2.36. The average Bonchev–Trinajstić information content (AvgIpc) is 2.71. The molecule has 0 atom stereocenters. The largest absolute Gasteiger partial charge is 0.326 e. The molecule has 0 bridgehead atoms. The van der Waals surface area contributed by atoms with Gasteiger partial charge >= 0.3 is 5.69 Å². The molecule has 0 saturated carbocycles. The molecular weight excluding hydrogens is 238 g/mol. The first-order valence-corrected chi connectivity index (χ1v) is 7.02. The van der Waals surface area contributed by atoms with E-state index in [0.29, 0.717) is 5.92 Å². The molecular formula is C15H21N3O. The summed E-state index contributed by atoms with van der Waals surface area (Å²) in [5.74, 6) is 0.619. The number of hydrogen-bond donors (Lipinski definition) is 1. The zero-order chi connectivity index (χ0) is 13.4. The monoisotopic (exact) mass is 259 g/mol. The van der Waals surface area contributed by atoms with Gasteiger partial charge in [-0.05, 0) is 57.5 Å². The van der Waals surface area contributed by atoms with Crippen molar-refractivity contribution in [1.29, 1.82) is 0 Å². The lowest BCUT2D eigenvalue weighted by molar-refractivity contribution is 0.205. The highest BCUT2D eigenvalue weighted by molar-refractivity contribution is 5.78. The molecule has 0 aliphatic carbocycles. The Bertz CT molecular complexity index is 632. The lowest BCUT2D eigenvalue weighted by Crippen LogP contribution is -2.33. The molecule has 0 radical (unpaired) electrons. The Labute approximate surface area is 113 Å². The molecule has 4 nitrogen and oxygen atoms in total. The Balaban J connectivity index is 1.91. The topological polar surface area (TPSA) is 41.0 Å². The maximum atomic E-state index is 12.1. The highest BCUT2D eigenvalue weighted by Gasteiger charge is 2.19. The van der Waals surface area contributed by atoms with Gasteiger partial charge in [-0.25, -0.2) is 4.79 Å². The fourth-order valence-electron chi connectivity index (χ4n) is 3.01. The van der Waals surface area contributed by atoms with Crippen LogP contribution in [0, 0.1) is 12.8 Å². The van der Waals surface area contributed by atoms with Gasteiger partial charge in [0.2, 0.25) is 0 Å². The van der Waals surface area contributed by atoms with Gasteiger partial charge in [0.25, 0.3) is 0 Å². The molecule has 0 amide bonds. The third kappa shape index (κ3) is 2.32. The molecule has 1 saturated heterocycles. The van der Waals surface area contributed by atoms with Crippen molar-refractivity contribution in [3.05, 3.63) is 34.2 Å². The predicted molar refractivity (Wildman–Crippen MR) is 77.5 cm³/mol. The van der Waals surface area contributed by atoms with Crippen molar-refractivity contribution >= 4 is 11.0 Å². The molecule has 2 heterocycles. The molecule has 0 spiro atoms. The van der Waals surface area contributed by atoms with Crippen molar-refractivity contribution in [2.45, 2.75) is 26.3 Å². The van der Waals surface area contributed by atoms with Crippen LogP contribution in [-0.4, -0.2) is 34.6 Å². The SMILES string of the molecule is Cc1cccc2c1[nH]c(=O)n2CC1CCN(C)CC1. The highest BCUT2D eigenvalue weighted by atomic mass is 16.1. The minimum atomic E-state index is 0.0308. The van der Waals surface area contributed by atoms with Crippen LogP contribution in [0.15, 0.2) is 23.0 Å². The number of benzene rings is 1. The lowest BCUT2D eigenvalue weighted by atomic mass is 9.97. The van der Waals surface area contributed by atoms with Gasteiger partial charge in [-0.3, -0.25) is 4.57 Å². The molecule has 1 aliphatic rings. The van der Waals surface area contributed by atoms with E-state index in [0.717, 1.165) is 36.2 Å². The smallest absolute Gasteiger partial charge is 0.306 e. The number of hydrogen-bond acceptors (Lipinski definition) is 2. The second kappa shape index (κ2) is 4.85. The molecule has 1 aliphatic heterocycles. The lowest BCUT2D eigenvalue weighted by Gasteiger charge is -2.29. The average molecular weight is 259 g/mol. The van der Waals surface area contributed by atoms with Crippen LogP contribution >= 0.6 is 0 Å². The van der Waals surface area contributed by atoms with Gasteiger partial charge in [0.15, 0.2) is 0 Å². The minimum absolute atomic E-state index is 0.0308. The molecule has 1 fully saturated rings. The summed E-state index contributed by atoms with van der Waals surface area (Å²) in [6.45, 7) is 5.16. The van der Waals surface area contributed by atoms with Gasteiger partial charge in [0.1, 0.15) is 0 Å². The fourth-order valence-corrected chi connectivity index (χ4v) is 3.01. The summed E-state index contributed by atoms with van der Waals surface area (Å²) < 4.78 is 1.91. The van der Waals surface area contributed by atoms with E-state index in [1.807, 2.05) is 29.7 Å². The molecule has 19 heavy (non-hydrogen) atoms. The van der Waals surface area contributed by atoms with Gasteiger partial charge < -0.3 is 9.88 Å². The Morgan fingerprint density at radius 2 is 2.05 bits per heavy atom. The number of rotatable bonds is 2. The predicted octanol–water partition coefficient (Wildman–Crippen LogP) is 1.98. The summed E-state index contributed by atoms with van der Waals surface area (Å²) >= 11 is 0. The third-order valence-electron chi connectivity index (χ3n) is 4.30. The second-order valence-electron chi connectivity index (χ2n) is 5.76. The number of fused-ring (bicyclic) bond motifs is 1. The number of imidazole rings is 1. The van der Waals surface area contributed by atoms with E-state index < -0.39 is 0 Å². The van der Waals surface area contributed by atoms with Gasteiger partial charge in [0.05, 0.1) is 11.0 Å². The number of H-pyrrole nitrogens is 1. The number of likely N-dealkylation sites (tertiary alicyclic amines) is 1. The van der Waals surface area contributed by atoms with Gasteiger partial charge in [-0.2, -0.15) is 0 Å². The standard InChI is InChI=1S/C15H21N3O/c1-11-4-3-5-13-14(11)16-15(19)18(13)10-12-6-8-17(2)9-7-12/h3-5,12H,6-10H2,1-2H3,(H,16,19). The zero-order valence-corrected chi connectivity index (χ0v) is 11.6. The van der Waals surface area contributed by atoms with E-state index in [-0.39, 0.29) is 5.69 Å². The second-order valence-corrected chi connectivity index (χ2v) is 5.76. The summed E-state index contributed by atoms with van der Waals surface area (Å²) in [5.41, 5.74) is 3.20. The van der Waals surface area contributed by atoms with E-state index in [1.165, 1.54) is 12.8 Å². The quantitative estimate of drug-likeness (QED) is 0.896. The number of aromatic amines is 1. The summed E-state index contributed by atoms with van der Waals surface area (Å²) in [6, 6.07) is 6.10. The Morgan fingerprint density at radius 3 is 2.79 bits per heavy atom. The van der Waals surface area contributed by atoms with Crippen molar-refractivity contribution in [3.63, 3.8) is 0 Å². The maximum absolute atomic E-state index is 12.1. The summed E-state index contributed by atoms with van der Waals surface area (Å²) in [7, 11) is 2.16. The molecule has 1 aromatic heterocycles. The first-order chi connectivity index (χ1) is 9.15. The van der Waals surface area contributed by atoms with Crippen molar-refractivity contribution in [2.24, 2.45) is 5.92 Å². The Morgan fingerprint density at radius 1 is 1.32 bits per heavy atom. The van der Waals surface area contributed by atoms with Crippen LogP contribution in [0.2, 0.25) is 0 Å².